The summed E-state index contributed by atoms with van der Waals surface area (Å²) < 4.78 is 0. The Morgan fingerprint density at radius 2 is 1.75 bits per heavy atom. The van der Waals surface area contributed by atoms with Crippen molar-refractivity contribution in [2.24, 2.45) is 0 Å². The number of benzene rings is 2. The van der Waals surface area contributed by atoms with Crippen LogP contribution in [0.4, 0.5) is 0 Å². The lowest BCUT2D eigenvalue weighted by Crippen LogP contribution is -1.97. The highest BCUT2D eigenvalue weighted by atomic mass is 35.5. The van der Waals surface area contributed by atoms with Crippen molar-refractivity contribution < 1.29 is 0 Å². The van der Waals surface area contributed by atoms with Gasteiger partial charge >= 0.3 is 0 Å². The van der Waals surface area contributed by atoms with Crippen LogP contribution in [0, 0.1) is 18.3 Å². The van der Waals surface area contributed by atoms with Crippen molar-refractivity contribution in [2.75, 3.05) is 0 Å². The number of hydrogen-bond acceptors (Lipinski definition) is 4. The van der Waals surface area contributed by atoms with Gasteiger partial charge in [-0.3, -0.25) is 0 Å². The van der Waals surface area contributed by atoms with Crippen LogP contribution in [0.1, 0.15) is 16.7 Å². The molecule has 0 aliphatic carbocycles. The monoisotopic (exact) mass is 351 g/mol. The van der Waals surface area contributed by atoms with Crippen LogP contribution in [0.25, 0.3) is 11.3 Å². The van der Waals surface area contributed by atoms with Gasteiger partial charge in [0.15, 0.2) is 10.3 Å². The fourth-order valence-electron chi connectivity index (χ4n) is 2.22. The molecule has 118 valence electrons. The summed E-state index contributed by atoms with van der Waals surface area (Å²) in [4.78, 5) is 8.82. The van der Waals surface area contributed by atoms with Crippen LogP contribution < -0.4 is 0 Å². The Bertz CT molecular complexity index is 887. The van der Waals surface area contributed by atoms with E-state index in [4.69, 9.17) is 11.6 Å². The van der Waals surface area contributed by atoms with Gasteiger partial charge in [0.2, 0.25) is 0 Å². The van der Waals surface area contributed by atoms with Gasteiger partial charge in [0.25, 0.3) is 0 Å². The molecule has 0 unspecified atom stereocenters. The third kappa shape index (κ3) is 3.76. The van der Waals surface area contributed by atoms with Gasteiger partial charge in [0.05, 0.1) is 5.69 Å². The number of thioether (sulfide) groups is 1. The highest BCUT2D eigenvalue weighted by molar-refractivity contribution is 7.98. The summed E-state index contributed by atoms with van der Waals surface area (Å²) in [6.45, 7) is 2.02. The molecule has 0 aliphatic heterocycles. The summed E-state index contributed by atoms with van der Waals surface area (Å²) in [7, 11) is 0. The van der Waals surface area contributed by atoms with E-state index in [0.717, 1.165) is 16.9 Å². The van der Waals surface area contributed by atoms with Gasteiger partial charge in [-0.2, -0.15) is 5.26 Å². The molecular weight excluding hydrogens is 338 g/mol. The highest BCUT2D eigenvalue weighted by Gasteiger charge is 2.15. The van der Waals surface area contributed by atoms with E-state index in [1.165, 1.54) is 17.3 Å². The van der Waals surface area contributed by atoms with E-state index in [-0.39, 0.29) is 5.15 Å². The molecule has 0 atom stereocenters. The van der Waals surface area contributed by atoms with E-state index in [2.05, 4.69) is 28.2 Å². The van der Waals surface area contributed by atoms with Gasteiger partial charge in [-0.25, -0.2) is 9.97 Å². The molecule has 1 aromatic heterocycles. The number of aryl methyl sites for hydroxylation is 1. The van der Waals surface area contributed by atoms with Gasteiger partial charge in [0, 0.05) is 11.3 Å². The van der Waals surface area contributed by atoms with Crippen LogP contribution in [-0.4, -0.2) is 9.97 Å². The van der Waals surface area contributed by atoms with E-state index in [1.807, 2.05) is 49.4 Å². The van der Waals surface area contributed by atoms with Crippen molar-refractivity contribution >= 4 is 23.4 Å². The third-order valence-corrected chi connectivity index (χ3v) is 4.68. The maximum Gasteiger partial charge on any atom is 0.189 e. The minimum atomic E-state index is 0.193. The molecule has 0 N–H and O–H groups in total. The van der Waals surface area contributed by atoms with E-state index < -0.39 is 0 Å². The molecule has 3 rings (SSSR count). The molecule has 0 spiro atoms. The number of nitrogens with zero attached hydrogens (tertiary/aromatic N) is 3. The molecule has 2 aromatic carbocycles. The van der Waals surface area contributed by atoms with Gasteiger partial charge in [0.1, 0.15) is 11.6 Å². The molecule has 0 amide bonds. The van der Waals surface area contributed by atoms with Crippen molar-refractivity contribution in [1.82, 2.24) is 9.97 Å². The zero-order valence-electron chi connectivity index (χ0n) is 13.0. The fraction of sp³-hybridized carbons (Fsp3) is 0.105. The fourth-order valence-corrected chi connectivity index (χ4v) is 3.28. The summed E-state index contributed by atoms with van der Waals surface area (Å²) >= 11 is 7.71. The van der Waals surface area contributed by atoms with Gasteiger partial charge in [-0.15, -0.1) is 0 Å². The van der Waals surface area contributed by atoms with E-state index in [0.29, 0.717) is 16.4 Å². The maximum atomic E-state index is 9.39. The topological polar surface area (TPSA) is 49.6 Å². The van der Waals surface area contributed by atoms with Crippen LogP contribution in [0.15, 0.2) is 59.8 Å². The molecule has 0 bridgehead atoms. The highest BCUT2D eigenvalue weighted by Crippen LogP contribution is 2.30. The van der Waals surface area contributed by atoms with Crippen molar-refractivity contribution in [1.29, 1.82) is 5.26 Å². The van der Waals surface area contributed by atoms with Crippen molar-refractivity contribution in [3.05, 3.63) is 76.4 Å². The van der Waals surface area contributed by atoms with Gasteiger partial charge < -0.3 is 0 Å². The van der Waals surface area contributed by atoms with Gasteiger partial charge in [-0.05, 0) is 12.5 Å². The van der Waals surface area contributed by atoms with Crippen LogP contribution in [0.5, 0.6) is 0 Å². The maximum absolute atomic E-state index is 9.39. The summed E-state index contributed by atoms with van der Waals surface area (Å²) in [5.74, 6) is 0.746. The smallest absolute Gasteiger partial charge is 0.189 e. The second-order valence-electron chi connectivity index (χ2n) is 5.27. The first-order valence-corrected chi connectivity index (χ1v) is 8.75. The summed E-state index contributed by atoms with van der Waals surface area (Å²) in [5.41, 5.74) is 4.08. The number of nitriles is 1. The summed E-state index contributed by atoms with van der Waals surface area (Å²) in [6.07, 6.45) is 0. The van der Waals surface area contributed by atoms with Crippen LogP contribution >= 0.6 is 23.4 Å². The zero-order valence-corrected chi connectivity index (χ0v) is 14.6. The molecule has 0 aliphatic rings. The predicted octanol–water partition coefficient (Wildman–Crippen LogP) is 5.27. The minimum Gasteiger partial charge on any atom is -0.221 e. The first kappa shape index (κ1) is 16.5. The summed E-state index contributed by atoms with van der Waals surface area (Å²) in [5, 5.41) is 10.2. The lowest BCUT2D eigenvalue weighted by Gasteiger charge is -2.08. The standard InChI is InChI=1S/C19H14ClN3S/c1-13-7-9-15(10-8-13)17-16(11-21)18(20)23-19(22-17)24-12-14-5-3-2-4-6-14/h2-10H,12H2,1H3. The molecule has 3 aromatic rings. The Kier molecular flexibility index (Phi) is 5.14. The van der Waals surface area contributed by atoms with Crippen LogP contribution in [0.3, 0.4) is 0 Å². The molecular formula is C19H14ClN3S. The number of halogens is 1. The predicted molar refractivity (Wildman–Crippen MR) is 97.9 cm³/mol. The molecule has 5 heteroatoms. The van der Waals surface area contributed by atoms with Crippen LogP contribution in [0.2, 0.25) is 5.15 Å². The minimum absolute atomic E-state index is 0.193. The number of hydrogen-bond donors (Lipinski definition) is 0. The SMILES string of the molecule is Cc1ccc(-c2nc(SCc3ccccc3)nc(Cl)c2C#N)cc1. The van der Waals surface area contributed by atoms with E-state index in [1.54, 1.807) is 0 Å². The molecule has 3 nitrogen and oxygen atoms in total. The molecule has 24 heavy (non-hydrogen) atoms. The van der Waals surface area contributed by atoms with E-state index >= 15 is 0 Å². The second-order valence-corrected chi connectivity index (χ2v) is 6.57. The Hall–Kier alpha value is -2.35. The molecule has 1 heterocycles. The lowest BCUT2D eigenvalue weighted by molar-refractivity contribution is 0.966. The molecule has 0 saturated heterocycles. The normalized spacial score (nSPS) is 10.4. The van der Waals surface area contributed by atoms with Crippen molar-refractivity contribution in [2.45, 2.75) is 17.8 Å². The first-order chi connectivity index (χ1) is 11.7. The largest absolute Gasteiger partial charge is 0.221 e. The van der Waals surface area contributed by atoms with Gasteiger partial charge in [-0.1, -0.05) is 83.5 Å². The molecule has 0 fully saturated rings. The third-order valence-electron chi connectivity index (χ3n) is 3.49. The Morgan fingerprint density at radius 3 is 2.42 bits per heavy atom. The second kappa shape index (κ2) is 7.48. The summed E-state index contributed by atoms with van der Waals surface area (Å²) in [6, 6.07) is 20.1. The molecule has 0 radical (unpaired) electrons. The average molecular weight is 352 g/mol. The Balaban J connectivity index is 1.94. The van der Waals surface area contributed by atoms with E-state index in [9.17, 15) is 5.26 Å². The number of aromatic nitrogens is 2. The lowest BCUT2D eigenvalue weighted by atomic mass is 10.1. The molecule has 0 saturated carbocycles. The van der Waals surface area contributed by atoms with Crippen molar-refractivity contribution in [3.63, 3.8) is 0 Å². The number of rotatable bonds is 4. The Labute approximate surface area is 150 Å². The first-order valence-electron chi connectivity index (χ1n) is 7.39. The zero-order chi connectivity index (χ0) is 16.9. The average Bonchev–Trinajstić information content (AvgIpc) is 2.61. The van der Waals surface area contributed by atoms with Crippen LogP contribution in [-0.2, 0) is 5.75 Å². The van der Waals surface area contributed by atoms with Crippen molar-refractivity contribution in [3.8, 4) is 17.3 Å². The Morgan fingerprint density at radius 1 is 1.04 bits per heavy atom. The quantitative estimate of drug-likeness (QED) is 0.365.